The lowest BCUT2D eigenvalue weighted by Crippen LogP contribution is -2.52. The maximum absolute atomic E-state index is 15.9. The van der Waals surface area contributed by atoms with Gasteiger partial charge in [-0.3, -0.25) is 9.89 Å². The summed E-state index contributed by atoms with van der Waals surface area (Å²) in [6.45, 7) is 2.72. The van der Waals surface area contributed by atoms with Crippen LogP contribution in [0.15, 0.2) is 21.6 Å². The largest absolute Gasteiger partial charge is 0.462 e. The zero-order valence-electron chi connectivity index (χ0n) is 20.7. The Bertz CT molecular complexity index is 1390. The molecular weight excluding hydrogens is 584 g/mol. The van der Waals surface area contributed by atoms with Gasteiger partial charge in [0.25, 0.3) is 0 Å². The smallest absolute Gasteiger partial charge is 0.302 e. The van der Waals surface area contributed by atoms with Gasteiger partial charge in [0.15, 0.2) is 11.6 Å². The molecule has 5 heterocycles. The molecule has 0 aromatic heterocycles. The molecule has 8 nitrogen and oxygen atoms in total. The molecule has 1 saturated carbocycles. The quantitative estimate of drug-likeness (QED) is 0.475. The fraction of sp³-hybridized carbons (Fsp3) is 0.615. The van der Waals surface area contributed by atoms with Crippen LogP contribution in [-0.4, -0.2) is 77.6 Å². The highest BCUT2D eigenvalue weighted by molar-refractivity contribution is 9.10. The number of halogens is 4. The topological polar surface area (TPSA) is 73.6 Å². The molecule has 0 N–H and O–H groups in total. The van der Waals surface area contributed by atoms with Gasteiger partial charge in [-0.05, 0) is 54.6 Å². The van der Waals surface area contributed by atoms with Crippen molar-refractivity contribution in [3.05, 3.63) is 38.0 Å². The van der Waals surface area contributed by atoms with Crippen LogP contribution in [0.25, 0.3) is 5.82 Å². The second-order valence-corrected chi connectivity index (χ2v) is 12.2. The van der Waals surface area contributed by atoms with Crippen molar-refractivity contribution in [3.63, 3.8) is 0 Å². The second-order valence-electron chi connectivity index (χ2n) is 11.0. The normalized spacial score (nSPS) is 31.1. The fourth-order valence-electron chi connectivity index (χ4n) is 6.63. The van der Waals surface area contributed by atoms with Gasteiger partial charge in [0.05, 0.1) is 50.5 Å². The van der Waals surface area contributed by atoms with Crippen LogP contribution in [0.2, 0.25) is 5.02 Å². The van der Waals surface area contributed by atoms with Crippen LogP contribution < -0.4 is 15.3 Å². The second kappa shape index (κ2) is 8.95. The third kappa shape index (κ3) is 3.67. The van der Waals surface area contributed by atoms with E-state index in [1.807, 2.05) is 9.80 Å². The number of benzene rings is 1. The van der Waals surface area contributed by atoms with E-state index in [0.29, 0.717) is 55.4 Å². The summed E-state index contributed by atoms with van der Waals surface area (Å²) in [7, 11) is 0. The van der Waals surface area contributed by atoms with E-state index in [-0.39, 0.29) is 40.5 Å². The Kier molecular flexibility index (Phi) is 5.86. The molecule has 12 heteroatoms. The van der Waals surface area contributed by atoms with Crippen LogP contribution in [0.1, 0.15) is 38.5 Å². The summed E-state index contributed by atoms with van der Waals surface area (Å²) < 4.78 is 48.5. The number of ether oxygens (including phenoxy) is 3. The number of alkyl halides is 1. The molecule has 3 atom stereocenters. The lowest BCUT2D eigenvalue weighted by molar-refractivity contribution is 0.0248. The molecule has 38 heavy (non-hydrogen) atoms. The molecule has 0 radical (unpaired) electrons. The van der Waals surface area contributed by atoms with E-state index < -0.39 is 23.1 Å². The van der Waals surface area contributed by atoms with Gasteiger partial charge in [-0.1, -0.05) is 11.6 Å². The Morgan fingerprint density at radius 1 is 1.34 bits per heavy atom. The first-order valence-corrected chi connectivity index (χ1v) is 14.2. The van der Waals surface area contributed by atoms with E-state index in [1.165, 1.54) is 0 Å². The first-order chi connectivity index (χ1) is 18.4. The van der Waals surface area contributed by atoms with E-state index in [0.717, 1.165) is 25.8 Å². The minimum Gasteiger partial charge on any atom is -0.462 e. The van der Waals surface area contributed by atoms with Crippen molar-refractivity contribution in [1.82, 2.24) is 14.7 Å². The Hall–Kier alpha value is -2.13. The van der Waals surface area contributed by atoms with Gasteiger partial charge >= 0.3 is 5.95 Å². The minimum atomic E-state index is -0.890. The first-order valence-electron chi connectivity index (χ1n) is 13.1. The Labute approximate surface area is 232 Å². The number of nitriles is 1. The third-order valence-corrected chi connectivity index (χ3v) is 10.1. The van der Waals surface area contributed by atoms with Crippen LogP contribution in [0.5, 0.6) is 5.75 Å². The highest BCUT2D eigenvalue weighted by atomic mass is 79.9. The summed E-state index contributed by atoms with van der Waals surface area (Å²) in [5, 5.41) is 11.0. The summed E-state index contributed by atoms with van der Waals surface area (Å²) in [4.78, 5) is 10.8. The van der Waals surface area contributed by atoms with Crippen LogP contribution in [0.3, 0.4) is 0 Å². The Morgan fingerprint density at radius 2 is 2.18 bits per heavy atom. The first kappa shape index (κ1) is 24.9. The van der Waals surface area contributed by atoms with Crippen LogP contribution in [0, 0.1) is 17.1 Å². The molecule has 1 aliphatic carbocycles. The van der Waals surface area contributed by atoms with Crippen LogP contribution in [0.4, 0.5) is 8.78 Å². The van der Waals surface area contributed by atoms with Gasteiger partial charge in [-0.2, -0.15) is 5.26 Å². The predicted molar refractivity (Wildman–Crippen MR) is 136 cm³/mol. The molecule has 1 aromatic rings. The third-order valence-electron chi connectivity index (χ3n) is 8.79. The Balaban J connectivity index is 1.37. The van der Waals surface area contributed by atoms with E-state index in [9.17, 15) is 9.65 Å². The highest BCUT2D eigenvalue weighted by Crippen LogP contribution is 2.46. The lowest BCUT2D eigenvalue weighted by Gasteiger charge is -2.39. The molecule has 5 aliphatic heterocycles. The summed E-state index contributed by atoms with van der Waals surface area (Å²) >= 11 is 9.87. The van der Waals surface area contributed by atoms with Crippen molar-refractivity contribution >= 4 is 33.4 Å². The molecule has 7 rings (SSSR count). The average Bonchev–Trinajstić information content (AvgIpc) is 3.21. The molecule has 3 saturated heterocycles. The van der Waals surface area contributed by atoms with Crippen molar-refractivity contribution in [3.8, 4) is 11.8 Å². The minimum absolute atomic E-state index is 0.0551. The fourth-order valence-corrected chi connectivity index (χ4v) is 7.24. The van der Waals surface area contributed by atoms with Gasteiger partial charge in [0, 0.05) is 19.6 Å². The summed E-state index contributed by atoms with van der Waals surface area (Å²) in [5.41, 5.74) is -1.13. The van der Waals surface area contributed by atoms with Crippen LogP contribution in [-0.2, 0) is 9.47 Å². The Morgan fingerprint density at radius 3 is 2.92 bits per heavy atom. The van der Waals surface area contributed by atoms with Crippen molar-refractivity contribution in [2.24, 2.45) is 4.99 Å². The van der Waals surface area contributed by atoms with Gasteiger partial charge in [0.2, 0.25) is 0 Å². The van der Waals surface area contributed by atoms with E-state index in [4.69, 9.17) is 25.8 Å². The molecule has 4 fully saturated rings. The zero-order chi connectivity index (χ0) is 26.2. The molecule has 1 aromatic carbocycles. The van der Waals surface area contributed by atoms with Gasteiger partial charge in [-0.15, -0.1) is 0 Å². The lowest BCUT2D eigenvalue weighted by atomic mass is 9.95. The SMILES string of the molecule is N#CC1(N2CN=c3c(Cl)c(Br)c(F)c4c3=C2N(C2CCOC2)C=C(OC[C@@]23CCCN2C[C@H](F)C3)O4)CC1. The number of rotatable bonds is 5. The van der Waals surface area contributed by atoms with E-state index in [2.05, 4.69) is 31.9 Å². The summed E-state index contributed by atoms with van der Waals surface area (Å²) in [6, 6.07) is 2.36. The molecule has 0 amide bonds. The summed E-state index contributed by atoms with van der Waals surface area (Å²) in [5.74, 6) is 0.00220. The van der Waals surface area contributed by atoms with Gasteiger partial charge in [-0.25, -0.2) is 8.78 Å². The zero-order valence-corrected chi connectivity index (χ0v) is 23.0. The maximum atomic E-state index is 15.9. The predicted octanol–water partition coefficient (Wildman–Crippen LogP) is 3.13. The maximum Gasteiger partial charge on any atom is 0.302 e. The van der Waals surface area contributed by atoms with Crippen molar-refractivity contribution < 1.29 is 23.0 Å². The molecule has 0 spiro atoms. The highest BCUT2D eigenvalue weighted by Gasteiger charge is 2.53. The molecule has 202 valence electrons. The monoisotopic (exact) mass is 609 g/mol. The van der Waals surface area contributed by atoms with Crippen LogP contribution >= 0.6 is 27.5 Å². The number of hydrogen-bond donors (Lipinski definition) is 0. The average molecular weight is 611 g/mol. The van der Waals surface area contributed by atoms with E-state index in [1.54, 1.807) is 6.20 Å². The molecule has 0 bridgehead atoms. The number of hydrogen-bond acceptors (Lipinski definition) is 8. The van der Waals surface area contributed by atoms with Gasteiger partial charge < -0.3 is 24.0 Å². The molecule has 6 aliphatic rings. The van der Waals surface area contributed by atoms with Crippen molar-refractivity contribution in [2.75, 3.05) is 39.6 Å². The standard InChI is InChI=1S/C26H27BrClF2N5O3/c27-19-20(28)22-18-23(21(19)30)38-17(37-13-26-3-1-6-33(26)9-15(29)8-26)10-34(16-2-7-36-11-16)24(18)35(14-32-22)25(12-31)4-5-25/h10,15-16H,1-9,11,13-14H2/t15-,16?,26+/m1/s1. The van der Waals surface area contributed by atoms with Crippen molar-refractivity contribution in [1.29, 1.82) is 5.26 Å². The number of fused-ring (bicyclic) bond motifs is 1. The number of nitrogens with zero attached hydrogens (tertiary/aromatic N) is 5. The molecular formula is C26H27BrClF2N5O3. The van der Waals surface area contributed by atoms with Crippen molar-refractivity contribution in [2.45, 2.75) is 61.8 Å². The van der Waals surface area contributed by atoms with E-state index >= 15 is 4.39 Å². The van der Waals surface area contributed by atoms with Gasteiger partial charge in [0.1, 0.15) is 30.8 Å². The summed E-state index contributed by atoms with van der Waals surface area (Å²) in [6.07, 6.45) is 5.19. The molecule has 1 unspecified atom stereocenters.